The number of hydrogen-bond donors (Lipinski definition) is 6. The third-order valence-electron chi connectivity index (χ3n) is 10.2. The van der Waals surface area contributed by atoms with Gasteiger partial charge in [-0.1, -0.05) is 153 Å². The second kappa shape index (κ2) is 34.9. The second-order valence-electron chi connectivity index (χ2n) is 15.1. The van der Waals surface area contributed by atoms with E-state index in [1.807, 2.05) is 6.08 Å². The minimum Gasteiger partial charge on any atom is -0.394 e. The minimum atomic E-state index is -1.57. The van der Waals surface area contributed by atoms with E-state index in [1.165, 1.54) is 109 Å². The predicted molar refractivity (Wildman–Crippen MR) is 216 cm³/mol. The van der Waals surface area contributed by atoms with Crippen molar-refractivity contribution in [3.8, 4) is 0 Å². The van der Waals surface area contributed by atoms with E-state index in [-0.39, 0.29) is 12.5 Å². The topological polar surface area (TPSA) is 149 Å². The lowest BCUT2D eigenvalue weighted by molar-refractivity contribution is -0.302. The number of amides is 1. The summed E-state index contributed by atoms with van der Waals surface area (Å²) < 4.78 is 11.2. The van der Waals surface area contributed by atoms with Gasteiger partial charge < -0.3 is 40.3 Å². The molecule has 7 atom stereocenters. The highest BCUT2D eigenvalue weighted by Gasteiger charge is 2.44. The molecular weight excluding hydrogens is 670 g/mol. The Bertz CT molecular complexity index is 925. The summed E-state index contributed by atoms with van der Waals surface area (Å²) >= 11 is 0. The van der Waals surface area contributed by atoms with Crippen LogP contribution < -0.4 is 5.32 Å². The van der Waals surface area contributed by atoms with Crippen LogP contribution in [0.1, 0.15) is 181 Å². The third kappa shape index (κ3) is 26.0. The zero-order valence-corrected chi connectivity index (χ0v) is 33.8. The zero-order chi connectivity index (χ0) is 38.8. The zero-order valence-electron chi connectivity index (χ0n) is 33.8. The number of carbonyl (C=O) groups excluding carboxylic acids is 1. The normalized spacial score (nSPS) is 22.0. The summed E-state index contributed by atoms with van der Waals surface area (Å²) in [5, 5.41) is 54.0. The number of allylic oxidation sites excluding steroid dienone is 5. The SMILES string of the molecule is CCCCCCC/C=C/CC/C=C/C(O)C(COC1OC(CO)C(O)C(O)C1O)NC(=O)CCCCCCCCC/C=C\CCCCCCCCCC. The molecular formula is C44H81NO8. The van der Waals surface area contributed by atoms with Crippen LogP contribution in [0.25, 0.3) is 0 Å². The maximum atomic E-state index is 12.9. The number of carbonyl (C=O) groups is 1. The molecule has 310 valence electrons. The molecule has 0 spiro atoms. The lowest BCUT2D eigenvalue weighted by Crippen LogP contribution is -2.60. The monoisotopic (exact) mass is 752 g/mol. The molecule has 0 aromatic carbocycles. The van der Waals surface area contributed by atoms with E-state index >= 15 is 0 Å². The Labute approximate surface area is 323 Å². The molecule has 0 aliphatic carbocycles. The number of rotatable bonds is 35. The lowest BCUT2D eigenvalue weighted by atomic mass is 9.99. The molecule has 1 aliphatic heterocycles. The minimum absolute atomic E-state index is 0.194. The van der Waals surface area contributed by atoms with Gasteiger partial charge in [-0.3, -0.25) is 4.79 Å². The smallest absolute Gasteiger partial charge is 0.220 e. The Morgan fingerprint density at radius 1 is 0.623 bits per heavy atom. The van der Waals surface area contributed by atoms with Crippen LogP contribution in [0, 0.1) is 0 Å². The van der Waals surface area contributed by atoms with E-state index in [4.69, 9.17) is 9.47 Å². The number of aliphatic hydroxyl groups excluding tert-OH is 5. The summed E-state index contributed by atoms with van der Waals surface area (Å²) in [4.78, 5) is 12.9. The first-order valence-corrected chi connectivity index (χ1v) is 21.7. The summed E-state index contributed by atoms with van der Waals surface area (Å²) in [5.41, 5.74) is 0. The van der Waals surface area contributed by atoms with Gasteiger partial charge in [0.1, 0.15) is 24.4 Å². The third-order valence-corrected chi connectivity index (χ3v) is 10.2. The Hall–Kier alpha value is -1.59. The molecule has 7 unspecified atom stereocenters. The molecule has 53 heavy (non-hydrogen) atoms. The molecule has 9 nitrogen and oxygen atoms in total. The first-order valence-electron chi connectivity index (χ1n) is 21.7. The highest BCUT2D eigenvalue weighted by Crippen LogP contribution is 2.22. The molecule has 1 heterocycles. The number of nitrogens with one attached hydrogen (secondary N) is 1. The summed E-state index contributed by atoms with van der Waals surface area (Å²) in [5.74, 6) is -0.194. The van der Waals surface area contributed by atoms with Gasteiger partial charge in [-0.15, -0.1) is 0 Å². The van der Waals surface area contributed by atoms with Gasteiger partial charge in [-0.2, -0.15) is 0 Å². The van der Waals surface area contributed by atoms with Crippen molar-refractivity contribution in [2.75, 3.05) is 13.2 Å². The first-order chi connectivity index (χ1) is 25.8. The largest absolute Gasteiger partial charge is 0.394 e. The van der Waals surface area contributed by atoms with E-state index in [1.54, 1.807) is 6.08 Å². The molecule has 1 amide bonds. The van der Waals surface area contributed by atoms with Crippen LogP contribution in [0.4, 0.5) is 0 Å². The molecule has 0 radical (unpaired) electrons. The van der Waals surface area contributed by atoms with Crippen molar-refractivity contribution in [3.05, 3.63) is 36.5 Å². The second-order valence-corrected chi connectivity index (χ2v) is 15.1. The van der Waals surface area contributed by atoms with Crippen LogP contribution in [0.5, 0.6) is 0 Å². The fourth-order valence-electron chi connectivity index (χ4n) is 6.64. The fraction of sp³-hybridized carbons (Fsp3) is 0.841. The molecule has 9 heteroatoms. The van der Waals surface area contributed by atoms with E-state index in [9.17, 15) is 30.3 Å². The van der Waals surface area contributed by atoms with Crippen molar-refractivity contribution in [2.45, 2.75) is 224 Å². The highest BCUT2D eigenvalue weighted by atomic mass is 16.7. The Morgan fingerprint density at radius 3 is 1.58 bits per heavy atom. The predicted octanol–water partition coefficient (Wildman–Crippen LogP) is 8.50. The van der Waals surface area contributed by atoms with Gasteiger partial charge in [-0.25, -0.2) is 0 Å². The van der Waals surface area contributed by atoms with Gasteiger partial charge >= 0.3 is 0 Å². The van der Waals surface area contributed by atoms with Gasteiger partial charge in [0.05, 0.1) is 25.4 Å². The molecule has 6 N–H and O–H groups in total. The van der Waals surface area contributed by atoms with Crippen LogP contribution in [-0.2, 0) is 14.3 Å². The van der Waals surface area contributed by atoms with Crippen LogP contribution in [0.3, 0.4) is 0 Å². The van der Waals surface area contributed by atoms with Gasteiger partial charge in [0.15, 0.2) is 6.29 Å². The van der Waals surface area contributed by atoms with Crippen LogP contribution in [0.2, 0.25) is 0 Å². The van der Waals surface area contributed by atoms with Crippen molar-refractivity contribution in [1.29, 1.82) is 0 Å². The molecule has 0 saturated carbocycles. The van der Waals surface area contributed by atoms with Gasteiger partial charge in [0, 0.05) is 6.42 Å². The van der Waals surface area contributed by atoms with E-state index in [2.05, 4.69) is 43.5 Å². The Morgan fingerprint density at radius 2 is 1.08 bits per heavy atom. The molecule has 0 aromatic heterocycles. The standard InChI is InChI=1S/C44H81NO8/c1-3-5-7-9-11-13-15-16-17-18-19-20-21-22-24-26-28-30-32-34-40(48)45-37(36-52-44-43(51)42(50)41(49)39(35-46)53-44)38(47)33-31-29-27-25-23-14-12-10-8-6-4-2/h18-19,23,25,31,33,37-39,41-44,46-47,49-51H,3-17,20-22,24,26-30,32,34-36H2,1-2H3,(H,45,48)/b19-18-,25-23+,33-31+. The maximum Gasteiger partial charge on any atom is 0.220 e. The van der Waals surface area contributed by atoms with E-state index in [0.29, 0.717) is 6.42 Å². The van der Waals surface area contributed by atoms with Crippen molar-refractivity contribution in [1.82, 2.24) is 5.32 Å². The average molecular weight is 752 g/mol. The number of hydrogen-bond acceptors (Lipinski definition) is 8. The van der Waals surface area contributed by atoms with Gasteiger partial charge in [-0.05, 0) is 57.8 Å². The molecule has 1 fully saturated rings. The molecule has 1 aliphatic rings. The van der Waals surface area contributed by atoms with E-state index in [0.717, 1.165) is 51.4 Å². The maximum absolute atomic E-state index is 12.9. The summed E-state index contributed by atoms with van der Waals surface area (Å²) in [6, 6.07) is -0.820. The molecule has 0 bridgehead atoms. The van der Waals surface area contributed by atoms with Gasteiger partial charge in [0.2, 0.25) is 5.91 Å². The van der Waals surface area contributed by atoms with Crippen LogP contribution in [-0.4, -0.2) is 87.5 Å². The lowest BCUT2D eigenvalue weighted by Gasteiger charge is -2.40. The summed E-state index contributed by atoms with van der Waals surface area (Å²) in [6.45, 7) is 3.71. The van der Waals surface area contributed by atoms with Crippen molar-refractivity contribution >= 4 is 5.91 Å². The van der Waals surface area contributed by atoms with Crippen molar-refractivity contribution < 1.29 is 39.8 Å². The van der Waals surface area contributed by atoms with Crippen molar-refractivity contribution in [3.63, 3.8) is 0 Å². The van der Waals surface area contributed by atoms with E-state index < -0.39 is 49.5 Å². The Balaban J connectivity index is 2.37. The number of aliphatic hydroxyl groups is 5. The molecule has 1 saturated heterocycles. The summed E-state index contributed by atoms with van der Waals surface area (Å²) in [7, 11) is 0. The quantitative estimate of drug-likeness (QED) is 0.0279. The fourth-order valence-corrected chi connectivity index (χ4v) is 6.64. The van der Waals surface area contributed by atoms with Crippen LogP contribution >= 0.6 is 0 Å². The van der Waals surface area contributed by atoms with Crippen molar-refractivity contribution in [2.24, 2.45) is 0 Å². The van der Waals surface area contributed by atoms with Crippen LogP contribution in [0.15, 0.2) is 36.5 Å². The first kappa shape index (κ1) is 49.4. The van der Waals surface area contributed by atoms with Gasteiger partial charge in [0.25, 0.3) is 0 Å². The summed E-state index contributed by atoms with van der Waals surface area (Å²) in [6.07, 6.45) is 34.8. The average Bonchev–Trinajstić information content (AvgIpc) is 3.16. The number of ether oxygens (including phenoxy) is 2. The molecule has 0 aromatic rings. The Kier molecular flexibility index (Phi) is 32.5. The number of unbranched alkanes of at least 4 members (excludes halogenated alkanes) is 21. The highest BCUT2D eigenvalue weighted by molar-refractivity contribution is 5.76. The molecule has 1 rings (SSSR count).